The second kappa shape index (κ2) is 24.9. The van der Waals surface area contributed by atoms with Gasteiger partial charge in [0, 0.05) is 44.5 Å². The smallest absolute Gasteiger partial charge is 0.344 e. The van der Waals surface area contributed by atoms with Crippen LogP contribution in [0.2, 0.25) is 0 Å². The first-order valence-electron chi connectivity index (χ1n) is 26.3. The fourth-order valence-electron chi connectivity index (χ4n) is 9.12. The van der Waals surface area contributed by atoms with Crippen LogP contribution in [-0.4, -0.2) is 97.6 Å². The molecule has 0 unspecified atom stereocenters. The lowest BCUT2D eigenvalue weighted by molar-refractivity contribution is -0.150. The molecule has 0 spiro atoms. The lowest BCUT2D eigenvalue weighted by Crippen LogP contribution is -2.19. The molecule has 16 nitrogen and oxygen atoms in total. The van der Waals surface area contributed by atoms with E-state index in [4.69, 9.17) is 57.9 Å². The molecule has 4 aromatic rings. The highest BCUT2D eigenvalue weighted by molar-refractivity contribution is 6.40. The normalized spacial score (nSPS) is 15.2. The van der Waals surface area contributed by atoms with Crippen LogP contribution in [0, 0.1) is 0 Å². The number of benzene rings is 4. The first-order valence-corrected chi connectivity index (χ1v) is 26.3. The summed E-state index contributed by atoms with van der Waals surface area (Å²) in [5, 5.41) is 0. The van der Waals surface area contributed by atoms with Crippen LogP contribution in [0.1, 0.15) is 77.6 Å². The van der Waals surface area contributed by atoms with Crippen molar-refractivity contribution in [3.05, 3.63) is 191 Å². The molecule has 408 valence electrons. The number of para-hydroxylation sites is 4. The average Bonchev–Trinajstić information content (AvgIpc) is 4.32. The number of hydrogen-bond acceptors (Lipinski definition) is 16. The van der Waals surface area contributed by atoms with Gasteiger partial charge in [0.05, 0.1) is 70.1 Å². The quantitative estimate of drug-likeness (QED) is 0.0602. The summed E-state index contributed by atoms with van der Waals surface area (Å²) in [6.45, 7) is 12.7. The first kappa shape index (κ1) is 55.3. The minimum Gasteiger partial charge on any atom is -0.481 e. The number of fused-ring (bicyclic) bond motifs is 4. The number of aliphatic imine (C=N–C) groups is 4. The maximum absolute atomic E-state index is 13.0. The molecule has 80 heavy (non-hydrogen) atoms. The van der Waals surface area contributed by atoms with Gasteiger partial charge in [-0.15, -0.1) is 0 Å². The van der Waals surface area contributed by atoms with E-state index in [9.17, 15) is 19.2 Å². The lowest BCUT2D eigenvalue weighted by Gasteiger charge is -2.17. The van der Waals surface area contributed by atoms with Crippen LogP contribution in [0.3, 0.4) is 0 Å². The Morgan fingerprint density at radius 1 is 0.312 bits per heavy atom. The van der Waals surface area contributed by atoms with Gasteiger partial charge in [0.2, 0.25) is 0 Å². The van der Waals surface area contributed by atoms with E-state index in [0.29, 0.717) is 113 Å². The predicted octanol–water partition coefficient (Wildman–Crippen LogP) is 11.0. The molecule has 0 radical (unpaired) electrons. The van der Waals surface area contributed by atoms with E-state index in [0.717, 1.165) is 0 Å². The molecule has 0 amide bonds. The summed E-state index contributed by atoms with van der Waals surface area (Å²) in [7, 11) is 0. The fourth-order valence-corrected chi connectivity index (χ4v) is 9.12. The third-order valence-corrected chi connectivity index (χ3v) is 12.1. The van der Waals surface area contributed by atoms with Gasteiger partial charge in [-0.1, -0.05) is 72.8 Å². The standard InChI is InChI=1S/C64H60N4O12/c1-37(2)77-57(69)33-73-53-21-13-9-17-41(53)61-45-25-27-47(65-45)62(42-18-10-14-22-54(42)74-34-58(70)78-38(3)4)49-29-31-51(67-49)64(44-20-12-16-24-56(44)76-36-60(72)80-40(7)8)52-32-30-50(68-52)63(48-28-26-46(61)66-48)43-19-11-15-23-55(43)75-35-59(71)79-39(5)6/h9-32,37-40H,33-36H2,1-8H3. The second-order valence-electron chi connectivity index (χ2n) is 19.7. The minimum atomic E-state index is -0.540. The Kier molecular flexibility index (Phi) is 17.2. The third kappa shape index (κ3) is 13.1. The number of ether oxygens (including phenoxy) is 8. The highest BCUT2D eigenvalue weighted by Crippen LogP contribution is 2.43. The van der Waals surface area contributed by atoms with Gasteiger partial charge in [-0.3, -0.25) is 0 Å². The van der Waals surface area contributed by atoms with E-state index in [1.165, 1.54) is 0 Å². The van der Waals surface area contributed by atoms with Crippen molar-refractivity contribution in [1.82, 2.24) is 0 Å². The maximum Gasteiger partial charge on any atom is 0.344 e. The van der Waals surface area contributed by atoms with E-state index in [-0.39, 0.29) is 50.8 Å². The summed E-state index contributed by atoms with van der Waals surface area (Å²) in [5.41, 5.74) is 8.38. The Hall–Kier alpha value is -9.44. The van der Waals surface area contributed by atoms with Crippen LogP contribution in [-0.2, 0) is 38.1 Å². The largest absolute Gasteiger partial charge is 0.481 e. The summed E-state index contributed by atoms with van der Waals surface area (Å²) < 4.78 is 46.8. The van der Waals surface area contributed by atoms with Crippen molar-refractivity contribution >= 4 is 69.0 Å². The SMILES string of the molecule is CC(C)OC(=O)COc1ccccc1C1=C2C=CC(=N2)C(c2ccccc2OCC(=O)OC(C)C)=C2C=CC(=N2)C(c2ccccc2OCC(=O)OC(C)C)=C2C=CC(=N2)C(c2ccccc2OCC(=O)OC(C)C)=C2C=CC1=N2. The van der Waals surface area contributed by atoms with Crippen LogP contribution < -0.4 is 18.9 Å². The summed E-state index contributed by atoms with van der Waals surface area (Å²) in [5.74, 6) is -0.688. The van der Waals surface area contributed by atoms with E-state index < -0.39 is 23.9 Å². The highest BCUT2D eigenvalue weighted by atomic mass is 16.6. The Morgan fingerprint density at radius 2 is 0.512 bits per heavy atom. The Morgan fingerprint density at radius 3 is 0.713 bits per heavy atom. The maximum atomic E-state index is 13.0. The monoisotopic (exact) mass is 1080 g/mol. The van der Waals surface area contributed by atoms with Crippen molar-refractivity contribution < 1.29 is 57.1 Å². The van der Waals surface area contributed by atoms with Crippen molar-refractivity contribution in [2.75, 3.05) is 26.4 Å². The van der Waals surface area contributed by atoms with Crippen LogP contribution in [0.15, 0.2) is 188 Å². The van der Waals surface area contributed by atoms with E-state index in [2.05, 4.69) is 0 Å². The van der Waals surface area contributed by atoms with Crippen LogP contribution in [0.4, 0.5) is 0 Å². The third-order valence-electron chi connectivity index (χ3n) is 12.1. The number of esters is 4. The molecular formula is C64H60N4O12. The fraction of sp³-hybridized carbons (Fsp3) is 0.250. The zero-order chi connectivity index (χ0) is 56.5. The van der Waals surface area contributed by atoms with Gasteiger partial charge in [-0.05, 0) is 128 Å². The summed E-state index contributed by atoms with van der Waals surface area (Å²) in [6, 6.07) is 29.2. The van der Waals surface area contributed by atoms with Gasteiger partial charge >= 0.3 is 23.9 Å². The Balaban J connectivity index is 1.32. The molecule has 4 aromatic carbocycles. The topological polar surface area (TPSA) is 192 Å². The number of rotatable bonds is 20. The van der Waals surface area contributed by atoms with Gasteiger partial charge in [-0.2, -0.15) is 0 Å². The van der Waals surface area contributed by atoms with Gasteiger partial charge in [0.25, 0.3) is 0 Å². The molecule has 5 aliphatic rings. The molecule has 16 heteroatoms. The van der Waals surface area contributed by atoms with Crippen molar-refractivity contribution in [1.29, 1.82) is 0 Å². The van der Waals surface area contributed by atoms with Gasteiger partial charge in [0.1, 0.15) is 23.0 Å². The average molecular weight is 1080 g/mol. The molecule has 0 N–H and O–H groups in total. The molecule has 0 aliphatic carbocycles. The van der Waals surface area contributed by atoms with Crippen LogP contribution in [0.25, 0.3) is 22.3 Å². The zero-order valence-corrected chi connectivity index (χ0v) is 45.7. The Labute approximate surface area is 464 Å². The molecule has 0 saturated carbocycles. The van der Waals surface area contributed by atoms with Gasteiger partial charge < -0.3 is 37.9 Å². The molecule has 5 heterocycles. The van der Waals surface area contributed by atoms with E-state index in [1.807, 2.05) is 121 Å². The zero-order valence-electron chi connectivity index (χ0n) is 45.7. The molecule has 5 aliphatic heterocycles. The number of carbonyl (C=O) groups excluding carboxylic acids is 4. The van der Waals surface area contributed by atoms with Crippen molar-refractivity contribution in [2.45, 2.75) is 79.8 Å². The molecule has 0 fully saturated rings. The lowest BCUT2D eigenvalue weighted by atomic mass is 9.97. The summed E-state index contributed by atoms with van der Waals surface area (Å²) in [6.07, 6.45) is 13.6. The number of allylic oxidation sites excluding steroid dienone is 12. The second-order valence-corrected chi connectivity index (χ2v) is 19.7. The summed E-state index contributed by atoms with van der Waals surface area (Å²) in [4.78, 5) is 73.4. The molecule has 8 bridgehead atoms. The highest BCUT2D eigenvalue weighted by Gasteiger charge is 2.31. The predicted molar refractivity (Wildman–Crippen MR) is 307 cm³/mol. The molecule has 0 saturated heterocycles. The van der Waals surface area contributed by atoms with E-state index in [1.54, 1.807) is 79.7 Å². The minimum absolute atomic E-state index is 0.352. The van der Waals surface area contributed by atoms with E-state index >= 15 is 0 Å². The molecule has 0 atom stereocenters. The van der Waals surface area contributed by atoms with Crippen LogP contribution in [0.5, 0.6) is 23.0 Å². The number of nitrogens with zero attached hydrogens (tertiary/aromatic N) is 4. The first-order chi connectivity index (χ1) is 38.6. The molecular weight excluding hydrogens is 1020 g/mol. The Bertz CT molecular complexity index is 3080. The van der Waals surface area contributed by atoms with Crippen LogP contribution >= 0.6 is 0 Å². The van der Waals surface area contributed by atoms with Crippen molar-refractivity contribution in [2.24, 2.45) is 20.0 Å². The number of carbonyl (C=O) groups is 4. The van der Waals surface area contributed by atoms with Crippen molar-refractivity contribution in [3.63, 3.8) is 0 Å². The molecule has 9 rings (SSSR count). The number of hydrogen-bond donors (Lipinski definition) is 0. The van der Waals surface area contributed by atoms with Gasteiger partial charge in [-0.25, -0.2) is 39.1 Å². The van der Waals surface area contributed by atoms with Crippen molar-refractivity contribution in [3.8, 4) is 23.0 Å². The van der Waals surface area contributed by atoms with Gasteiger partial charge in [0.15, 0.2) is 26.4 Å². The summed E-state index contributed by atoms with van der Waals surface area (Å²) >= 11 is 0. The molecule has 0 aromatic heterocycles.